The molecule has 11 heteroatoms. The van der Waals surface area contributed by atoms with Gasteiger partial charge in [-0.2, -0.15) is 0 Å². The Labute approximate surface area is 217 Å². The zero-order chi connectivity index (χ0) is 26.2. The standard InChI is InChI=1S/C26H24FN5O4S/c1-35-21-11-3-17(4-12-21)25(34)28-15-23-30-31-26(32(23)20-9-13-22(36-2)14-10-20)37-16-24(33)29-19-7-5-18(27)6-8-19/h3-14H,15-16H2,1-2H3,(H,28,34)(H,29,33). The van der Waals surface area contributed by atoms with E-state index >= 15 is 0 Å². The molecule has 2 amide bonds. The van der Waals surface area contributed by atoms with Gasteiger partial charge in [0, 0.05) is 16.9 Å². The van der Waals surface area contributed by atoms with Gasteiger partial charge in [-0.05, 0) is 72.8 Å². The monoisotopic (exact) mass is 521 g/mol. The first-order valence-electron chi connectivity index (χ1n) is 11.2. The van der Waals surface area contributed by atoms with Crippen LogP contribution in [0, 0.1) is 5.82 Å². The fourth-order valence-corrected chi connectivity index (χ4v) is 4.13. The summed E-state index contributed by atoms with van der Waals surface area (Å²) in [4.78, 5) is 25.1. The first-order chi connectivity index (χ1) is 18.0. The lowest BCUT2D eigenvalue weighted by atomic mass is 10.2. The Bertz CT molecular complexity index is 1360. The van der Waals surface area contributed by atoms with E-state index in [1.54, 1.807) is 55.2 Å². The minimum atomic E-state index is -0.383. The van der Waals surface area contributed by atoms with Gasteiger partial charge in [-0.3, -0.25) is 14.2 Å². The molecule has 0 radical (unpaired) electrons. The van der Waals surface area contributed by atoms with Crippen LogP contribution in [-0.4, -0.2) is 46.6 Å². The van der Waals surface area contributed by atoms with Crippen LogP contribution in [0.5, 0.6) is 11.5 Å². The second kappa shape index (κ2) is 12.0. The van der Waals surface area contributed by atoms with E-state index in [4.69, 9.17) is 9.47 Å². The smallest absolute Gasteiger partial charge is 0.251 e. The van der Waals surface area contributed by atoms with Crippen LogP contribution in [0.3, 0.4) is 0 Å². The third kappa shape index (κ3) is 6.64. The molecule has 0 saturated carbocycles. The topological polar surface area (TPSA) is 107 Å². The Hall–Kier alpha value is -4.38. The molecule has 0 fully saturated rings. The summed E-state index contributed by atoms with van der Waals surface area (Å²) in [6, 6.07) is 19.5. The quantitative estimate of drug-likeness (QED) is 0.303. The number of nitrogens with zero attached hydrogens (tertiary/aromatic N) is 3. The molecular weight excluding hydrogens is 497 g/mol. The number of carbonyl (C=O) groups excluding carboxylic acids is 2. The predicted molar refractivity (Wildman–Crippen MR) is 138 cm³/mol. The summed E-state index contributed by atoms with van der Waals surface area (Å²) < 4.78 is 25.3. The number of benzene rings is 3. The number of nitrogens with one attached hydrogen (secondary N) is 2. The molecule has 190 valence electrons. The molecule has 0 atom stereocenters. The summed E-state index contributed by atoms with van der Waals surface area (Å²) in [5.41, 5.74) is 1.70. The normalized spacial score (nSPS) is 10.6. The Morgan fingerprint density at radius 3 is 2.14 bits per heavy atom. The number of ether oxygens (including phenoxy) is 2. The molecule has 9 nitrogen and oxygen atoms in total. The second-order valence-corrected chi connectivity index (χ2v) is 8.63. The van der Waals surface area contributed by atoms with E-state index in [2.05, 4.69) is 20.8 Å². The zero-order valence-electron chi connectivity index (χ0n) is 20.1. The van der Waals surface area contributed by atoms with Crippen LogP contribution in [0.25, 0.3) is 5.69 Å². The number of carbonyl (C=O) groups is 2. The molecule has 0 saturated heterocycles. The van der Waals surface area contributed by atoms with Gasteiger partial charge in [-0.1, -0.05) is 11.8 Å². The van der Waals surface area contributed by atoms with Crippen LogP contribution >= 0.6 is 11.8 Å². The van der Waals surface area contributed by atoms with E-state index in [1.807, 2.05) is 12.1 Å². The Morgan fingerprint density at radius 2 is 1.51 bits per heavy atom. The Balaban J connectivity index is 1.49. The van der Waals surface area contributed by atoms with Crippen molar-refractivity contribution in [3.8, 4) is 17.2 Å². The summed E-state index contributed by atoms with van der Waals surface area (Å²) in [5.74, 6) is 0.916. The van der Waals surface area contributed by atoms with Crippen molar-refractivity contribution in [2.75, 3.05) is 25.3 Å². The maximum atomic E-state index is 13.1. The van der Waals surface area contributed by atoms with Crippen LogP contribution in [0.1, 0.15) is 16.2 Å². The first-order valence-corrected chi connectivity index (χ1v) is 12.1. The van der Waals surface area contributed by atoms with Gasteiger partial charge in [0.1, 0.15) is 17.3 Å². The van der Waals surface area contributed by atoms with Gasteiger partial charge in [-0.15, -0.1) is 10.2 Å². The van der Waals surface area contributed by atoms with Crippen LogP contribution in [-0.2, 0) is 11.3 Å². The molecule has 4 rings (SSSR count). The number of aromatic nitrogens is 3. The molecule has 37 heavy (non-hydrogen) atoms. The molecule has 0 unspecified atom stereocenters. The third-order valence-corrected chi connectivity index (χ3v) is 6.18. The largest absolute Gasteiger partial charge is 0.497 e. The zero-order valence-corrected chi connectivity index (χ0v) is 20.9. The molecule has 2 N–H and O–H groups in total. The summed E-state index contributed by atoms with van der Waals surface area (Å²) in [6.07, 6.45) is 0. The van der Waals surface area contributed by atoms with E-state index in [1.165, 1.54) is 36.0 Å². The summed E-state index contributed by atoms with van der Waals surface area (Å²) >= 11 is 1.18. The highest BCUT2D eigenvalue weighted by Gasteiger charge is 2.17. The molecule has 1 aromatic heterocycles. The predicted octanol–water partition coefficient (Wildman–Crippen LogP) is 4.08. The van der Waals surface area contributed by atoms with Crippen molar-refractivity contribution in [3.05, 3.63) is 90.0 Å². The number of hydrogen-bond donors (Lipinski definition) is 2. The van der Waals surface area contributed by atoms with Crippen molar-refractivity contribution in [2.45, 2.75) is 11.7 Å². The van der Waals surface area contributed by atoms with E-state index in [0.717, 1.165) is 5.69 Å². The van der Waals surface area contributed by atoms with Crippen LogP contribution in [0.2, 0.25) is 0 Å². The Kier molecular flexibility index (Phi) is 8.37. The Morgan fingerprint density at radius 1 is 0.892 bits per heavy atom. The number of thioether (sulfide) groups is 1. The number of rotatable bonds is 10. The van der Waals surface area contributed by atoms with Gasteiger partial charge >= 0.3 is 0 Å². The third-order valence-electron chi connectivity index (χ3n) is 5.25. The summed E-state index contributed by atoms with van der Waals surface area (Å²) in [7, 11) is 3.14. The van der Waals surface area contributed by atoms with E-state index in [-0.39, 0.29) is 29.9 Å². The minimum absolute atomic E-state index is 0.0455. The van der Waals surface area contributed by atoms with Crippen LogP contribution in [0.15, 0.2) is 78.0 Å². The highest BCUT2D eigenvalue weighted by atomic mass is 32.2. The number of methoxy groups -OCH3 is 2. The van der Waals surface area contributed by atoms with Crippen LogP contribution in [0.4, 0.5) is 10.1 Å². The van der Waals surface area contributed by atoms with Gasteiger partial charge in [0.25, 0.3) is 5.91 Å². The van der Waals surface area contributed by atoms with Crippen molar-refractivity contribution in [2.24, 2.45) is 0 Å². The van der Waals surface area contributed by atoms with Crippen molar-refractivity contribution in [1.29, 1.82) is 0 Å². The van der Waals surface area contributed by atoms with Gasteiger partial charge in [0.2, 0.25) is 5.91 Å². The lowest BCUT2D eigenvalue weighted by molar-refractivity contribution is -0.113. The maximum Gasteiger partial charge on any atom is 0.251 e. The van der Waals surface area contributed by atoms with Gasteiger partial charge < -0.3 is 20.1 Å². The lowest BCUT2D eigenvalue weighted by Gasteiger charge is -2.12. The molecule has 0 bridgehead atoms. The van der Waals surface area contributed by atoms with E-state index in [0.29, 0.717) is 33.7 Å². The summed E-state index contributed by atoms with van der Waals surface area (Å²) in [6.45, 7) is 0.103. The molecule has 0 aliphatic rings. The second-order valence-electron chi connectivity index (χ2n) is 7.69. The van der Waals surface area contributed by atoms with E-state index in [9.17, 15) is 14.0 Å². The number of amides is 2. The fourth-order valence-electron chi connectivity index (χ4n) is 3.36. The van der Waals surface area contributed by atoms with E-state index < -0.39 is 0 Å². The SMILES string of the molecule is COc1ccc(C(=O)NCc2nnc(SCC(=O)Nc3ccc(F)cc3)n2-c2ccc(OC)cc2)cc1. The molecule has 4 aromatic rings. The number of halogens is 1. The summed E-state index contributed by atoms with van der Waals surface area (Å²) in [5, 5.41) is 14.5. The number of anilines is 1. The highest BCUT2D eigenvalue weighted by Crippen LogP contribution is 2.24. The average molecular weight is 522 g/mol. The van der Waals surface area contributed by atoms with Gasteiger partial charge in [-0.25, -0.2) is 4.39 Å². The number of hydrogen-bond acceptors (Lipinski definition) is 7. The highest BCUT2D eigenvalue weighted by molar-refractivity contribution is 7.99. The fraction of sp³-hybridized carbons (Fsp3) is 0.154. The molecule has 1 heterocycles. The molecule has 0 spiro atoms. The first kappa shape index (κ1) is 25.7. The molecule has 0 aliphatic carbocycles. The molecule has 3 aromatic carbocycles. The van der Waals surface area contributed by atoms with Crippen LogP contribution < -0.4 is 20.1 Å². The van der Waals surface area contributed by atoms with Crippen molar-refractivity contribution in [3.63, 3.8) is 0 Å². The average Bonchev–Trinajstić information content (AvgIpc) is 3.34. The maximum absolute atomic E-state index is 13.1. The molecule has 0 aliphatic heterocycles. The molecular formula is C26H24FN5O4S. The lowest BCUT2D eigenvalue weighted by Crippen LogP contribution is -2.24. The van der Waals surface area contributed by atoms with Crippen molar-refractivity contribution < 1.29 is 23.5 Å². The van der Waals surface area contributed by atoms with Gasteiger partial charge in [0.05, 0.1) is 26.5 Å². The van der Waals surface area contributed by atoms with Crippen molar-refractivity contribution >= 4 is 29.3 Å². The minimum Gasteiger partial charge on any atom is -0.497 e. The van der Waals surface area contributed by atoms with Gasteiger partial charge in [0.15, 0.2) is 11.0 Å². The van der Waals surface area contributed by atoms with Crippen molar-refractivity contribution in [1.82, 2.24) is 20.1 Å².